The molecule has 13 heteroatoms. The van der Waals surface area contributed by atoms with Crippen LogP contribution in [0.25, 0.3) is 21.8 Å². The Morgan fingerprint density at radius 1 is 0.708 bits per heavy atom. The maximum Gasteiger partial charge on any atom is 0.303 e. The van der Waals surface area contributed by atoms with Crippen molar-refractivity contribution < 1.29 is 45.4 Å². The Bertz CT molecular complexity index is 1950. The minimum Gasteiger partial charge on any atom is -0.481 e. The topological polar surface area (TPSA) is 167 Å². The van der Waals surface area contributed by atoms with E-state index in [2.05, 4.69) is 0 Å². The van der Waals surface area contributed by atoms with Gasteiger partial charge in [0, 0.05) is 44.4 Å². The molecule has 0 atom stereocenters. The summed E-state index contributed by atoms with van der Waals surface area (Å²) in [5, 5.41) is 9.71. The van der Waals surface area contributed by atoms with Crippen LogP contribution in [0.15, 0.2) is 77.7 Å². The molecular weight excluding hydrogens is 657 g/mol. The summed E-state index contributed by atoms with van der Waals surface area (Å²) in [6, 6.07) is 20.2. The number of para-hydroxylation sites is 2. The van der Waals surface area contributed by atoms with Gasteiger partial charge < -0.3 is 5.11 Å². The largest absolute Gasteiger partial charge is 0.481 e. The Hall–Kier alpha value is -4.20. The molecule has 1 aromatic heterocycles. The zero-order chi connectivity index (χ0) is 34.9. The number of carboxylic acid groups (broad SMARTS) is 1. The number of carbonyl (C=O) groups excluding carboxylic acids is 2. The molecule has 4 rings (SSSR count). The van der Waals surface area contributed by atoms with E-state index in [1.807, 2.05) is 11.5 Å². The van der Waals surface area contributed by atoms with Crippen LogP contribution in [-0.4, -0.2) is 60.8 Å². The summed E-state index contributed by atoms with van der Waals surface area (Å²) in [4.78, 5) is 37.9. The molecule has 4 aromatic rings. The molecule has 0 unspecified atom stereocenters. The Morgan fingerprint density at radius 2 is 1.25 bits per heavy atom. The van der Waals surface area contributed by atoms with Crippen molar-refractivity contribution in [2.75, 3.05) is 12.3 Å². The number of sulfonamides is 1. The van der Waals surface area contributed by atoms with Gasteiger partial charge in [0.1, 0.15) is 5.78 Å². The maximum absolute atomic E-state index is 14.6. The first kappa shape index (κ1) is 36.6. The highest BCUT2D eigenvalue weighted by Crippen LogP contribution is 2.29. The van der Waals surface area contributed by atoms with Gasteiger partial charge >= 0.3 is 5.97 Å². The van der Waals surface area contributed by atoms with Gasteiger partial charge in [-0.05, 0) is 50.5 Å². The average Bonchev–Trinajstić information content (AvgIpc) is 3.03. The second-order valence-corrected chi connectivity index (χ2v) is 15.3. The summed E-state index contributed by atoms with van der Waals surface area (Å²) in [5.74, 6) is -2.11. The summed E-state index contributed by atoms with van der Waals surface area (Å²) in [6.07, 6.45) is 3.25. The Morgan fingerprint density at radius 3 is 1.81 bits per heavy atom. The second-order valence-electron chi connectivity index (χ2n) is 11.8. The highest BCUT2D eigenvalue weighted by atomic mass is 32.2. The summed E-state index contributed by atoms with van der Waals surface area (Å²) in [5.41, 5.74) is 2.18. The lowest BCUT2D eigenvalue weighted by molar-refractivity contribution is -0.645. The molecule has 0 fully saturated rings. The first-order valence-electron chi connectivity index (χ1n) is 16.0. The molecule has 0 aliphatic heterocycles. The van der Waals surface area contributed by atoms with E-state index in [0.717, 1.165) is 16.3 Å². The number of pyridine rings is 1. The van der Waals surface area contributed by atoms with E-state index in [9.17, 15) is 35.8 Å². The van der Waals surface area contributed by atoms with Gasteiger partial charge in [-0.25, -0.2) is 12.7 Å². The van der Waals surface area contributed by atoms with E-state index >= 15 is 0 Å². The SMILES string of the molecule is Cc1ccc(S(=O)(=O)N(CCCC(=O)CCCCCCC(=O)O)C(=O)c2c3ccccc3[n+](CCCS(=O)(=O)O)c3ccccc23)cc1. The maximum atomic E-state index is 14.6. The van der Waals surface area contributed by atoms with Crippen LogP contribution in [-0.2, 0) is 36.3 Å². The summed E-state index contributed by atoms with van der Waals surface area (Å²) in [6.45, 7) is 1.80. The number of ketones is 1. The molecule has 0 radical (unpaired) electrons. The van der Waals surface area contributed by atoms with Crippen molar-refractivity contribution in [3.63, 3.8) is 0 Å². The molecule has 3 aromatic carbocycles. The third kappa shape index (κ3) is 9.45. The highest BCUT2D eigenvalue weighted by Gasteiger charge is 2.34. The number of aromatic nitrogens is 1. The third-order valence-electron chi connectivity index (χ3n) is 8.17. The molecule has 0 saturated carbocycles. The van der Waals surface area contributed by atoms with Gasteiger partial charge in [0.05, 0.1) is 27.0 Å². The number of hydrogen-bond acceptors (Lipinski definition) is 7. The van der Waals surface area contributed by atoms with Crippen LogP contribution in [0.2, 0.25) is 0 Å². The Labute approximate surface area is 281 Å². The van der Waals surface area contributed by atoms with Crippen molar-refractivity contribution in [1.29, 1.82) is 0 Å². The molecule has 11 nitrogen and oxygen atoms in total. The van der Waals surface area contributed by atoms with Gasteiger partial charge in [-0.2, -0.15) is 13.0 Å². The van der Waals surface area contributed by atoms with Crippen LogP contribution in [0.1, 0.15) is 73.7 Å². The van der Waals surface area contributed by atoms with Crippen LogP contribution in [0.5, 0.6) is 0 Å². The zero-order valence-corrected chi connectivity index (χ0v) is 28.5. The van der Waals surface area contributed by atoms with Crippen LogP contribution < -0.4 is 4.57 Å². The summed E-state index contributed by atoms with van der Waals surface area (Å²) in [7, 11) is -8.54. The quantitative estimate of drug-likeness (QED) is 0.0593. The van der Waals surface area contributed by atoms with Crippen LogP contribution in [0.3, 0.4) is 0 Å². The number of aryl methyl sites for hydroxylation is 2. The molecule has 0 saturated heterocycles. The molecular formula is C35H41N2O9S2+. The number of carboxylic acids is 1. The number of unbranched alkanes of at least 4 members (excludes halogenated alkanes) is 3. The van der Waals surface area contributed by atoms with Crippen LogP contribution in [0, 0.1) is 6.92 Å². The van der Waals surface area contributed by atoms with Gasteiger partial charge in [0.2, 0.25) is 11.0 Å². The zero-order valence-electron chi connectivity index (χ0n) is 26.9. The molecule has 0 spiro atoms. The van der Waals surface area contributed by atoms with E-state index in [-0.39, 0.29) is 61.4 Å². The second kappa shape index (κ2) is 16.3. The Balaban J connectivity index is 1.68. The normalized spacial score (nSPS) is 12.0. The lowest BCUT2D eigenvalue weighted by Crippen LogP contribution is -2.40. The predicted octanol–water partition coefficient (Wildman–Crippen LogP) is 5.47. The number of carbonyl (C=O) groups is 3. The molecule has 1 amide bonds. The number of fused-ring (bicyclic) bond motifs is 2. The fourth-order valence-corrected chi connectivity index (χ4v) is 7.69. The third-order valence-corrected chi connectivity index (χ3v) is 10.8. The van der Waals surface area contributed by atoms with Crippen molar-refractivity contribution in [1.82, 2.24) is 4.31 Å². The molecule has 256 valence electrons. The van der Waals surface area contributed by atoms with E-state index in [1.54, 1.807) is 60.7 Å². The van der Waals surface area contributed by atoms with Gasteiger partial charge in [0.25, 0.3) is 26.0 Å². The van der Waals surface area contributed by atoms with Gasteiger partial charge in [-0.1, -0.05) is 54.8 Å². The minimum atomic E-state index is -4.35. The highest BCUT2D eigenvalue weighted by molar-refractivity contribution is 7.89. The lowest BCUT2D eigenvalue weighted by Gasteiger charge is -2.24. The standard InChI is InChI=1S/C35H40N2O9S2/c1-26-19-21-28(22-20-26)48(45,46)37(24-10-13-27(38)12-4-2-3-5-18-33(39)40)35(41)34-29-14-6-8-16-31(29)36(23-11-25-47(42,43)44)32-17-9-7-15-30(32)34/h6-9,14-17,19-22H,2-5,10-13,18,23-25H2,1H3,(H-,39,40,42,43,44)/p+1. The number of rotatable bonds is 18. The molecule has 48 heavy (non-hydrogen) atoms. The average molecular weight is 698 g/mol. The number of amides is 1. The summed E-state index contributed by atoms with van der Waals surface area (Å²) < 4.78 is 63.1. The number of nitrogens with zero attached hydrogens (tertiary/aromatic N) is 2. The van der Waals surface area contributed by atoms with Crippen molar-refractivity contribution in [3.05, 3.63) is 83.9 Å². The van der Waals surface area contributed by atoms with Crippen molar-refractivity contribution in [2.24, 2.45) is 0 Å². The fourth-order valence-electron chi connectivity index (χ4n) is 5.78. The van der Waals surface area contributed by atoms with E-state index in [4.69, 9.17) is 5.11 Å². The number of Topliss-reactive ketones (excluding diaryl/α,β-unsaturated/α-hetero) is 1. The molecule has 0 aliphatic carbocycles. The molecule has 2 N–H and O–H groups in total. The lowest BCUT2D eigenvalue weighted by atomic mass is 10.0. The monoisotopic (exact) mass is 697 g/mol. The smallest absolute Gasteiger partial charge is 0.303 e. The van der Waals surface area contributed by atoms with Gasteiger partial charge in [-0.15, -0.1) is 0 Å². The van der Waals surface area contributed by atoms with E-state index in [0.29, 0.717) is 41.1 Å². The minimum absolute atomic E-state index is 0.0565. The Kier molecular flexibility index (Phi) is 12.4. The number of aliphatic carboxylic acids is 1. The van der Waals surface area contributed by atoms with Crippen molar-refractivity contribution in [3.8, 4) is 0 Å². The summed E-state index contributed by atoms with van der Waals surface area (Å²) >= 11 is 0. The number of benzene rings is 3. The van der Waals surface area contributed by atoms with Crippen molar-refractivity contribution >= 4 is 59.6 Å². The fraction of sp³-hybridized carbons (Fsp3) is 0.371. The molecule has 1 heterocycles. The predicted molar refractivity (Wildman–Crippen MR) is 182 cm³/mol. The first-order chi connectivity index (χ1) is 22.8. The van der Waals surface area contributed by atoms with Crippen LogP contribution in [0.4, 0.5) is 0 Å². The van der Waals surface area contributed by atoms with E-state index in [1.165, 1.54) is 12.1 Å². The molecule has 0 aliphatic rings. The van der Waals surface area contributed by atoms with Gasteiger partial charge in [0.15, 0.2) is 6.54 Å². The van der Waals surface area contributed by atoms with Gasteiger partial charge in [-0.3, -0.25) is 18.9 Å². The van der Waals surface area contributed by atoms with Crippen LogP contribution >= 0.6 is 0 Å². The first-order valence-corrected chi connectivity index (χ1v) is 19.0. The van der Waals surface area contributed by atoms with Crippen molar-refractivity contribution in [2.45, 2.75) is 76.2 Å². The number of hydrogen-bond donors (Lipinski definition) is 2. The molecule has 0 bridgehead atoms. The van der Waals surface area contributed by atoms with E-state index < -0.39 is 37.8 Å².